The van der Waals surface area contributed by atoms with E-state index >= 15 is 0 Å². The van der Waals surface area contributed by atoms with Crippen molar-refractivity contribution < 1.29 is 4.42 Å². The van der Waals surface area contributed by atoms with Crippen LogP contribution in [0.1, 0.15) is 171 Å². The smallest absolute Gasteiger partial charge is 0.252 e. The lowest BCUT2D eigenvalue weighted by Gasteiger charge is -2.51. The lowest BCUT2D eigenvalue weighted by molar-refractivity contribution is 0.194. The van der Waals surface area contributed by atoms with Crippen molar-refractivity contribution in [2.75, 3.05) is 14.7 Å². The Morgan fingerprint density at radius 2 is 0.987 bits per heavy atom. The third-order valence-corrected chi connectivity index (χ3v) is 21.0. The van der Waals surface area contributed by atoms with Crippen molar-refractivity contribution in [2.24, 2.45) is 0 Å². The van der Waals surface area contributed by atoms with Gasteiger partial charge in [0.2, 0.25) is 0 Å². The van der Waals surface area contributed by atoms with Crippen LogP contribution in [0.15, 0.2) is 114 Å². The van der Waals surface area contributed by atoms with Crippen LogP contribution in [-0.2, 0) is 27.1 Å². The Bertz CT molecular complexity index is 3810. The van der Waals surface area contributed by atoms with Gasteiger partial charge < -0.3 is 19.1 Å². The average molecular weight is 986 g/mol. The van der Waals surface area contributed by atoms with Crippen LogP contribution in [0.25, 0.3) is 21.9 Å². The highest BCUT2D eigenvalue weighted by molar-refractivity contribution is 7.00. The van der Waals surface area contributed by atoms with Crippen LogP contribution in [0.5, 0.6) is 0 Å². The normalized spacial score (nSPS) is 23.1. The van der Waals surface area contributed by atoms with Crippen LogP contribution >= 0.6 is 0 Å². The summed E-state index contributed by atoms with van der Waals surface area (Å²) < 4.78 is 6.51. The van der Waals surface area contributed by atoms with E-state index in [2.05, 4.69) is 221 Å². The minimum absolute atomic E-state index is 0.00553. The van der Waals surface area contributed by atoms with Gasteiger partial charge in [-0.15, -0.1) is 0 Å². The maximum Gasteiger partial charge on any atom is 0.252 e. The summed E-state index contributed by atoms with van der Waals surface area (Å²) in [6, 6.07) is 43.8. The quantitative estimate of drug-likeness (QED) is 0.165. The Hall–Kier alpha value is -6.20. The second-order valence-corrected chi connectivity index (χ2v) is 27.6. The Labute approximate surface area is 447 Å². The number of hydrogen-bond acceptors (Lipinski definition) is 4. The molecule has 1 fully saturated rings. The molecule has 0 bridgehead atoms. The number of furan rings is 1. The molecular formula is C70H76BN3O. The van der Waals surface area contributed by atoms with Crippen molar-refractivity contribution in [2.45, 2.75) is 181 Å². The fourth-order valence-electron chi connectivity index (χ4n) is 16.4. The second-order valence-electron chi connectivity index (χ2n) is 27.6. The third-order valence-electron chi connectivity index (χ3n) is 21.0. The molecule has 3 aliphatic heterocycles. The Morgan fingerprint density at radius 1 is 0.427 bits per heavy atom. The first-order valence-electron chi connectivity index (χ1n) is 28.6. The van der Waals surface area contributed by atoms with Gasteiger partial charge in [0, 0.05) is 61.7 Å². The molecule has 1 saturated carbocycles. The van der Waals surface area contributed by atoms with E-state index in [1.54, 1.807) is 5.56 Å². The maximum atomic E-state index is 6.51. The minimum Gasteiger partial charge on any atom is -0.456 e. The highest BCUT2D eigenvalue weighted by atomic mass is 16.3. The van der Waals surface area contributed by atoms with Gasteiger partial charge in [-0.2, -0.15) is 0 Å². The molecule has 8 aromatic rings. The summed E-state index contributed by atoms with van der Waals surface area (Å²) in [5.74, 6) is 0. The minimum atomic E-state index is -0.0737. The molecule has 2 atom stereocenters. The van der Waals surface area contributed by atoms with E-state index < -0.39 is 0 Å². The summed E-state index contributed by atoms with van der Waals surface area (Å²) in [6.07, 6.45) is 9.58. The van der Waals surface area contributed by atoms with Gasteiger partial charge in [-0.25, -0.2) is 0 Å². The summed E-state index contributed by atoms with van der Waals surface area (Å²) in [4.78, 5) is 8.23. The average Bonchev–Trinajstić information content (AvgIpc) is 3.83. The number of anilines is 8. The molecule has 6 aliphatic rings. The molecule has 380 valence electrons. The van der Waals surface area contributed by atoms with Gasteiger partial charge in [0.1, 0.15) is 11.2 Å². The van der Waals surface area contributed by atoms with Crippen LogP contribution in [0.3, 0.4) is 0 Å². The van der Waals surface area contributed by atoms with E-state index in [0.717, 1.165) is 40.5 Å². The topological polar surface area (TPSA) is 22.9 Å². The number of rotatable bonds is 3. The zero-order chi connectivity index (χ0) is 52.3. The van der Waals surface area contributed by atoms with Crippen molar-refractivity contribution in [3.63, 3.8) is 0 Å². The van der Waals surface area contributed by atoms with Crippen molar-refractivity contribution in [1.82, 2.24) is 0 Å². The van der Waals surface area contributed by atoms with Gasteiger partial charge in [-0.05, 0) is 228 Å². The lowest BCUT2D eigenvalue weighted by atomic mass is 9.33. The third kappa shape index (κ3) is 6.36. The fourth-order valence-corrected chi connectivity index (χ4v) is 16.4. The number of para-hydroxylation sites is 1. The van der Waals surface area contributed by atoms with E-state index in [1.165, 1.54) is 139 Å². The monoisotopic (exact) mass is 986 g/mol. The molecule has 4 nitrogen and oxygen atoms in total. The summed E-state index contributed by atoms with van der Waals surface area (Å²) in [5, 5.41) is 2.31. The Morgan fingerprint density at radius 3 is 1.69 bits per heavy atom. The van der Waals surface area contributed by atoms with Crippen molar-refractivity contribution in [3.8, 4) is 0 Å². The van der Waals surface area contributed by atoms with Gasteiger partial charge in [-0.1, -0.05) is 118 Å². The highest BCUT2D eigenvalue weighted by Gasteiger charge is 2.59. The number of benzene rings is 7. The number of fused-ring (bicyclic) bond motifs is 12. The zero-order valence-corrected chi connectivity index (χ0v) is 47.4. The molecule has 14 rings (SSSR count). The van der Waals surface area contributed by atoms with Crippen LogP contribution in [0, 0.1) is 27.7 Å². The van der Waals surface area contributed by atoms with Gasteiger partial charge in [0.25, 0.3) is 6.71 Å². The molecule has 2 unspecified atom stereocenters. The van der Waals surface area contributed by atoms with Gasteiger partial charge >= 0.3 is 0 Å². The van der Waals surface area contributed by atoms with Crippen LogP contribution < -0.4 is 31.1 Å². The standard InChI is InChI=1S/C70H76BN3O/c1-41-31-44(4)63-58(32-41)74(70(14)26-18-17-25-69(63,70)13)46-21-23-53-56(37-46)73(55-39-51-49(35-43(55)3)65(5,6)27-29-67(51,9)10)60-34-42(2)33-59-64(60)71(53)54-38-50-52(68(11,12)30-28-66(50,7)8)40-57(54)72(59)45-22-24-62-48(36-45)47-19-15-16-20-61(47)75-62/h15-16,19-24,31-40H,17-18,25-30H2,1-14H3. The first-order valence-corrected chi connectivity index (χ1v) is 28.6. The summed E-state index contributed by atoms with van der Waals surface area (Å²) in [5.41, 5.74) is 29.5. The highest BCUT2D eigenvalue weighted by Crippen LogP contribution is 2.63. The van der Waals surface area contributed by atoms with Gasteiger partial charge in [-0.3, -0.25) is 0 Å². The Balaban J connectivity index is 1.09. The molecule has 75 heavy (non-hydrogen) atoms. The molecule has 0 amide bonds. The van der Waals surface area contributed by atoms with E-state index in [-0.39, 0.29) is 39.3 Å². The molecule has 1 aromatic heterocycles. The van der Waals surface area contributed by atoms with Gasteiger partial charge in [0.15, 0.2) is 0 Å². The number of nitrogens with zero attached hydrogens (tertiary/aromatic N) is 3. The van der Waals surface area contributed by atoms with Crippen molar-refractivity contribution in [1.29, 1.82) is 0 Å². The molecule has 0 spiro atoms. The Kier molecular flexibility index (Phi) is 9.62. The molecule has 5 heteroatoms. The zero-order valence-electron chi connectivity index (χ0n) is 47.4. The van der Waals surface area contributed by atoms with Crippen LogP contribution in [-0.4, -0.2) is 12.3 Å². The molecule has 0 N–H and O–H groups in total. The first-order chi connectivity index (χ1) is 35.5. The van der Waals surface area contributed by atoms with E-state index in [9.17, 15) is 0 Å². The SMILES string of the molecule is Cc1cc2c3c(c1)N(c1cc4c(cc1C)C(C)(C)CCC4(C)C)c1cc(N4c5cc(C)cc(C)c5C5(C)CCCCC45C)ccc1B3c1cc3c(cc1N2c1ccc2oc4ccccc4c2c1)C(C)(C)CCC3(C)C. The second kappa shape index (κ2) is 15.3. The molecule has 7 aromatic carbocycles. The predicted molar refractivity (Wildman–Crippen MR) is 320 cm³/mol. The van der Waals surface area contributed by atoms with E-state index in [0.29, 0.717) is 0 Å². The van der Waals surface area contributed by atoms with E-state index in [4.69, 9.17) is 4.42 Å². The number of hydrogen-bond donors (Lipinski definition) is 0. The molecular weight excluding hydrogens is 910 g/mol. The number of aryl methyl sites for hydroxylation is 4. The summed E-state index contributed by atoms with van der Waals surface area (Å²) in [7, 11) is 0. The fraction of sp³-hybridized carbons (Fsp3) is 0.400. The summed E-state index contributed by atoms with van der Waals surface area (Å²) in [6.45, 7) is 34.5. The predicted octanol–water partition coefficient (Wildman–Crippen LogP) is 17.3. The first kappa shape index (κ1) is 47.3. The lowest BCUT2D eigenvalue weighted by Crippen LogP contribution is -2.62. The van der Waals surface area contributed by atoms with Crippen LogP contribution in [0.2, 0.25) is 0 Å². The molecule has 0 saturated heterocycles. The van der Waals surface area contributed by atoms with Crippen molar-refractivity contribution in [3.05, 3.63) is 159 Å². The molecule has 4 heterocycles. The maximum absolute atomic E-state index is 6.51. The van der Waals surface area contributed by atoms with Crippen LogP contribution in [0.4, 0.5) is 45.5 Å². The van der Waals surface area contributed by atoms with Gasteiger partial charge in [0.05, 0.1) is 5.54 Å². The van der Waals surface area contributed by atoms with E-state index in [1.807, 2.05) is 0 Å². The molecule has 3 aliphatic carbocycles. The molecule has 0 radical (unpaired) electrons. The summed E-state index contributed by atoms with van der Waals surface area (Å²) >= 11 is 0. The van der Waals surface area contributed by atoms with Crippen molar-refractivity contribution >= 4 is 90.5 Å². The largest absolute Gasteiger partial charge is 0.456 e.